The Hall–Kier alpha value is -1.56. The first-order valence-corrected chi connectivity index (χ1v) is 7.87. The van der Waals surface area contributed by atoms with Crippen molar-refractivity contribution >= 4 is 11.6 Å². The van der Waals surface area contributed by atoms with Gasteiger partial charge in [-0.05, 0) is 25.7 Å². The van der Waals surface area contributed by atoms with Crippen molar-refractivity contribution in [3.8, 4) is 0 Å². The molecule has 2 aliphatic heterocycles. The van der Waals surface area contributed by atoms with Gasteiger partial charge in [0.05, 0.1) is 24.5 Å². The molecule has 1 unspecified atom stereocenters. The summed E-state index contributed by atoms with van der Waals surface area (Å²) in [4.78, 5) is 13.2. The molecule has 3 rings (SSSR count). The van der Waals surface area contributed by atoms with Gasteiger partial charge in [0.2, 0.25) is 5.91 Å². The van der Waals surface area contributed by atoms with Crippen LogP contribution >= 0.6 is 0 Å². The second kappa shape index (κ2) is 6.47. The Morgan fingerprint density at radius 1 is 1.43 bits per heavy atom. The van der Waals surface area contributed by atoms with Crippen molar-refractivity contribution < 1.29 is 9.53 Å². The predicted molar refractivity (Wildman–Crippen MR) is 80.1 cm³/mol. The third-order valence-corrected chi connectivity index (χ3v) is 4.36. The number of likely N-dealkylation sites (tertiary alicyclic amines) is 1. The van der Waals surface area contributed by atoms with Gasteiger partial charge >= 0.3 is 0 Å². The largest absolute Gasteiger partial charge is 0.380 e. The SMILES string of the molecule is CC(=O)N1CCC(Nc2cnn(CC3CCCO3)c2)CC1. The van der Waals surface area contributed by atoms with Crippen molar-refractivity contribution in [3.63, 3.8) is 0 Å². The van der Waals surface area contributed by atoms with Crippen LogP contribution in [-0.4, -0.2) is 52.4 Å². The van der Waals surface area contributed by atoms with Crippen molar-refractivity contribution in [2.24, 2.45) is 0 Å². The molecule has 0 radical (unpaired) electrons. The van der Waals surface area contributed by atoms with E-state index in [4.69, 9.17) is 4.74 Å². The molecule has 1 amide bonds. The molecule has 1 N–H and O–H groups in total. The Labute approximate surface area is 125 Å². The molecule has 0 aromatic carbocycles. The highest BCUT2D eigenvalue weighted by molar-refractivity contribution is 5.73. The van der Waals surface area contributed by atoms with Crippen molar-refractivity contribution in [1.29, 1.82) is 0 Å². The minimum atomic E-state index is 0.179. The normalized spacial score (nSPS) is 23.5. The molecule has 1 atom stereocenters. The smallest absolute Gasteiger partial charge is 0.219 e. The van der Waals surface area contributed by atoms with Gasteiger partial charge in [-0.25, -0.2) is 0 Å². The summed E-state index contributed by atoms with van der Waals surface area (Å²) < 4.78 is 7.59. The molecular weight excluding hydrogens is 268 g/mol. The number of aromatic nitrogens is 2. The van der Waals surface area contributed by atoms with Crippen LogP contribution in [0.1, 0.15) is 32.6 Å². The lowest BCUT2D eigenvalue weighted by Crippen LogP contribution is -2.41. The number of rotatable bonds is 4. The maximum Gasteiger partial charge on any atom is 0.219 e. The van der Waals surface area contributed by atoms with Crippen LogP contribution in [0.3, 0.4) is 0 Å². The van der Waals surface area contributed by atoms with E-state index in [9.17, 15) is 4.79 Å². The number of carbonyl (C=O) groups is 1. The molecule has 0 spiro atoms. The maximum atomic E-state index is 11.3. The molecule has 6 nitrogen and oxygen atoms in total. The van der Waals surface area contributed by atoms with E-state index in [-0.39, 0.29) is 5.91 Å². The topological polar surface area (TPSA) is 59.4 Å². The summed E-state index contributed by atoms with van der Waals surface area (Å²) in [6, 6.07) is 0.431. The number of amides is 1. The molecule has 0 aliphatic carbocycles. The number of ether oxygens (including phenoxy) is 1. The molecule has 3 heterocycles. The van der Waals surface area contributed by atoms with Crippen LogP contribution in [0.15, 0.2) is 12.4 Å². The van der Waals surface area contributed by atoms with Gasteiger partial charge in [-0.2, -0.15) is 5.10 Å². The first-order chi connectivity index (χ1) is 10.2. The van der Waals surface area contributed by atoms with Crippen molar-refractivity contribution in [1.82, 2.24) is 14.7 Å². The van der Waals surface area contributed by atoms with E-state index in [0.717, 1.165) is 57.6 Å². The molecule has 21 heavy (non-hydrogen) atoms. The summed E-state index contributed by atoms with van der Waals surface area (Å²) >= 11 is 0. The highest BCUT2D eigenvalue weighted by atomic mass is 16.5. The van der Waals surface area contributed by atoms with Gasteiger partial charge in [0.25, 0.3) is 0 Å². The monoisotopic (exact) mass is 292 g/mol. The van der Waals surface area contributed by atoms with Crippen LogP contribution in [-0.2, 0) is 16.1 Å². The number of carbonyl (C=O) groups excluding carboxylic acids is 1. The fourth-order valence-corrected chi connectivity index (χ4v) is 3.11. The Kier molecular flexibility index (Phi) is 4.43. The van der Waals surface area contributed by atoms with Crippen LogP contribution < -0.4 is 5.32 Å². The van der Waals surface area contributed by atoms with Gasteiger partial charge in [0, 0.05) is 38.9 Å². The minimum Gasteiger partial charge on any atom is -0.380 e. The van der Waals surface area contributed by atoms with Gasteiger partial charge in [0.1, 0.15) is 0 Å². The lowest BCUT2D eigenvalue weighted by Gasteiger charge is -2.31. The van der Waals surface area contributed by atoms with E-state index in [2.05, 4.69) is 16.6 Å². The summed E-state index contributed by atoms with van der Waals surface area (Å²) in [7, 11) is 0. The third kappa shape index (κ3) is 3.75. The number of nitrogens with one attached hydrogen (secondary N) is 1. The number of anilines is 1. The summed E-state index contributed by atoms with van der Waals surface area (Å²) in [6.45, 7) is 5.05. The number of nitrogens with zero attached hydrogens (tertiary/aromatic N) is 3. The number of hydrogen-bond donors (Lipinski definition) is 1. The molecule has 2 fully saturated rings. The molecule has 2 saturated heterocycles. The minimum absolute atomic E-state index is 0.179. The molecule has 1 aromatic heterocycles. The van der Waals surface area contributed by atoms with Gasteiger partial charge in [0.15, 0.2) is 0 Å². The van der Waals surface area contributed by atoms with E-state index in [1.165, 1.54) is 0 Å². The van der Waals surface area contributed by atoms with E-state index >= 15 is 0 Å². The zero-order valence-corrected chi connectivity index (χ0v) is 12.6. The van der Waals surface area contributed by atoms with E-state index < -0.39 is 0 Å². The van der Waals surface area contributed by atoms with E-state index in [0.29, 0.717) is 12.1 Å². The first kappa shape index (κ1) is 14.4. The van der Waals surface area contributed by atoms with Crippen molar-refractivity contribution in [3.05, 3.63) is 12.4 Å². The maximum absolute atomic E-state index is 11.3. The molecule has 116 valence electrons. The lowest BCUT2D eigenvalue weighted by atomic mass is 10.1. The van der Waals surface area contributed by atoms with E-state index in [1.54, 1.807) is 6.92 Å². The zero-order chi connectivity index (χ0) is 14.7. The third-order valence-electron chi connectivity index (χ3n) is 4.36. The second-order valence-corrected chi connectivity index (χ2v) is 6.01. The fraction of sp³-hybridized carbons (Fsp3) is 0.733. The van der Waals surface area contributed by atoms with E-state index in [1.807, 2.05) is 15.8 Å². The van der Waals surface area contributed by atoms with Gasteiger partial charge in [-0.1, -0.05) is 0 Å². The summed E-state index contributed by atoms with van der Waals surface area (Å²) in [5, 5.41) is 7.92. The molecule has 2 aliphatic rings. The Morgan fingerprint density at radius 2 is 2.24 bits per heavy atom. The first-order valence-electron chi connectivity index (χ1n) is 7.87. The number of piperidine rings is 1. The van der Waals surface area contributed by atoms with Crippen LogP contribution in [0, 0.1) is 0 Å². The van der Waals surface area contributed by atoms with Crippen LogP contribution in [0.25, 0.3) is 0 Å². The Morgan fingerprint density at radius 3 is 2.90 bits per heavy atom. The molecule has 0 saturated carbocycles. The van der Waals surface area contributed by atoms with Crippen molar-refractivity contribution in [2.45, 2.75) is 51.3 Å². The molecule has 1 aromatic rings. The van der Waals surface area contributed by atoms with Crippen LogP contribution in [0.5, 0.6) is 0 Å². The second-order valence-electron chi connectivity index (χ2n) is 6.01. The molecule has 0 bridgehead atoms. The van der Waals surface area contributed by atoms with Crippen LogP contribution in [0.4, 0.5) is 5.69 Å². The van der Waals surface area contributed by atoms with Gasteiger partial charge < -0.3 is 15.0 Å². The molecule has 6 heteroatoms. The Balaban J connectivity index is 1.47. The highest BCUT2D eigenvalue weighted by Crippen LogP contribution is 2.18. The predicted octanol–water partition coefficient (Wildman–Crippen LogP) is 1.48. The number of hydrogen-bond acceptors (Lipinski definition) is 4. The quantitative estimate of drug-likeness (QED) is 0.913. The summed E-state index contributed by atoms with van der Waals surface area (Å²) in [5.74, 6) is 0.179. The fourth-order valence-electron chi connectivity index (χ4n) is 3.11. The standard InChI is InChI=1S/C15H24N4O2/c1-12(20)18-6-4-13(5-7-18)17-14-9-16-19(10-14)11-15-3-2-8-21-15/h9-10,13,15,17H,2-8,11H2,1H3. The average molecular weight is 292 g/mol. The summed E-state index contributed by atoms with van der Waals surface area (Å²) in [5.41, 5.74) is 1.06. The molecular formula is C15H24N4O2. The average Bonchev–Trinajstić information content (AvgIpc) is 3.12. The van der Waals surface area contributed by atoms with Crippen LogP contribution in [0.2, 0.25) is 0 Å². The van der Waals surface area contributed by atoms with Crippen molar-refractivity contribution in [2.75, 3.05) is 25.0 Å². The van der Waals surface area contributed by atoms with Gasteiger partial charge in [-0.3, -0.25) is 9.48 Å². The highest BCUT2D eigenvalue weighted by Gasteiger charge is 2.21. The Bertz CT molecular complexity index is 474. The zero-order valence-electron chi connectivity index (χ0n) is 12.6. The van der Waals surface area contributed by atoms with Gasteiger partial charge in [-0.15, -0.1) is 0 Å². The summed E-state index contributed by atoms with van der Waals surface area (Å²) in [6.07, 6.45) is 8.53. The lowest BCUT2D eigenvalue weighted by molar-refractivity contribution is -0.129.